The molecule has 140 valence electrons. The summed E-state index contributed by atoms with van der Waals surface area (Å²) >= 11 is 0. The van der Waals surface area contributed by atoms with Gasteiger partial charge >= 0.3 is 11.9 Å². The van der Waals surface area contributed by atoms with E-state index < -0.39 is 11.9 Å². The number of carbonyl (C=O) groups excluding carboxylic acids is 2. The van der Waals surface area contributed by atoms with Crippen molar-refractivity contribution in [1.29, 1.82) is 0 Å². The number of esters is 2. The van der Waals surface area contributed by atoms with Gasteiger partial charge in [-0.3, -0.25) is 0 Å². The van der Waals surface area contributed by atoms with Crippen LogP contribution in [-0.2, 0) is 22.7 Å². The minimum Gasteiger partial charge on any atom is -0.486 e. The number of benzene rings is 1. The van der Waals surface area contributed by atoms with Crippen LogP contribution in [0.2, 0.25) is 0 Å². The Morgan fingerprint density at radius 2 is 1.74 bits per heavy atom. The molecule has 1 aromatic carbocycles. The van der Waals surface area contributed by atoms with Gasteiger partial charge < -0.3 is 23.0 Å². The van der Waals surface area contributed by atoms with Crippen molar-refractivity contribution in [2.24, 2.45) is 0 Å². The molecule has 0 aliphatic heterocycles. The van der Waals surface area contributed by atoms with Gasteiger partial charge in [-0.2, -0.15) is 0 Å². The Hall–Kier alpha value is -3.48. The molecule has 0 spiro atoms. The van der Waals surface area contributed by atoms with E-state index in [4.69, 9.17) is 23.0 Å². The van der Waals surface area contributed by atoms with Crippen molar-refractivity contribution in [3.63, 3.8) is 0 Å². The average molecular weight is 370 g/mol. The van der Waals surface area contributed by atoms with E-state index in [-0.39, 0.29) is 36.9 Å². The predicted octanol–water partition coefficient (Wildman–Crippen LogP) is 3.99. The first-order valence-electron chi connectivity index (χ1n) is 8.34. The highest BCUT2D eigenvalue weighted by atomic mass is 16.6. The minimum atomic E-state index is -0.674. The second kappa shape index (κ2) is 8.75. The second-order valence-electron chi connectivity index (χ2n) is 5.42. The van der Waals surface area contributed by atoms with Crippen LogP contribution in [0.3, 0.4) is 0 Å². The van der Waals surface area contributed by atoms with Crippen LogP contribution in [0, 0.1) is 0 Å². The van der Waals surface area contributed by atoms with Gasteiger partial charge in [0.1, 0.15) is 23.7 Å². The molecule has 2 aromatic heterocycles. The van der Waals surface area contributed by atoms with Crippen molar-refractivity contribution in [3.05, 3.63) is 77.6 Å². The summed E-state index contributed by atoms with van der Waals surface area (Å²) in [6.45, 7) is 1.91. The van der Waals surface area contributed by atoms with Crippen molar-refractivity contribution < 1.29 is 32.6 Å². The molecule has 3 aromatic rings. The molecule has 0 radical (unpaired) electrons. The number of carbonyl (C=O) groups is 2. The Labute approximate surface area is 155 Å². The Morgan fingerprint density at radius 3 is 2.52 bits per heavy atom. The van der Waals surface area contributed by atoms with E-state index in [1.807, 2.05) is 30.3 Å². The fraction of sp³-hybridized carbons (Fsp3) is 0.200. The number of hydrogen-bond donors (Lipinski definition) is 0. The summed E-state index contributed by atoms with van der Waals surface area (Å²) in [4.78, 5) is 23.9. The molecule has 3 rings (SSSR count). The van der Waals surface area contributed by atoms with E-state index in [2.05, 4.69) is 0 Å². The van der Waals surface area contributed by atoms with Crippen molar-refractivity contribution in [2.75, 3.05) is 6.61 Å². The largest absolute Gasteiger partial charge is 0.486 e. The quantitative estimate of drug-likeness (QED) is 0.554. The molecular formula is C20H18O7. The van der Waals surface area contributed by atoms with E-state index in [1.165, 1.54) is 18.4 Å². The third-order valence-corrected chi connectivity index (χ3v) is 3.56. The molecule has 0 N–H and O–H groups in total. The molecular weight excluding hydrogens is 352 g/mol. The Morgan fingerprint density at radius 1 is 0.926 bits per heavy atom. The molecule has 0 fully saturated rings. The number of ether oxygens (including phenoxy) is 3. The first-order valence-corrected chi connectivity index (χ1v) is 8.34. The van der Waals surface area contributed by atoms with Gasteiger partial charge in [-0.05, 0) is 37.3 Å². The highest BCUT2D eigenvalue weighted by molar-refractivity contribution is 5.90. The zero-order valence-electron chi connectivity index (χ0n) is 14.7. The second-order valence-corrected chi connectivity index (χ2v) is 5.42. The van der Waals surface area contributed by atoms with Crippen LogP contribution in [0.15, 0.2) is 63.6 Å². The van der Waals surface area contributed by atoms with Crippen molar-refractivity contribution >= 4 is 11.9 Å². The fourth-order valence-electron chi connectivity index (χ4n) is 2.28. The maximum Gasteiger partial charge on any atom is 0.374 e. The third kappa shape index (κ3) is 4.78. The van der Waals surface area contributed by atoms with Gasteiger partial charge in [-0.25, -0.2) is 9.59 Å². The smallest absolute Gasteiger partial charge is 0.374 e. The molecule has 0 bridgehead atoms. The summed E-state index contributed by atoms with van der Waals surface area (Å²) in [7, 11) is 0. The maximum atomic E-state index is 12.1. The third-order valence-electron chi connectivity index (χ3n) is 3.56. The molecule has 0 aliphatic rings. The lowest BCUT2D eigenvalue weighted by Gasteiger charge is -2.04. The van der Waals surface area contributed by atoms with Crippen LogP contribution in [-0.4, -0.2) is 18.5 Å². The first kappa shape index (κ1) is 18.3. The van der Waals surface area contributed by atoms with Gasteiger partial charge in [0.25, 0.3) is 0 Å². The van der Waals surface area contributed by atoms with Crippen molar-refractivity contribution in [1.82, 2.24) is 0 Å². The van der Waals surface area contributed by atoms with Gasteiger partial charge in [0.05, 0.1) is 12.9 Å². The summed E-state index contributed by atoms with van der Waals surface area (Å²) in [5, 5.41) is 0. The number of hydrogen-bond acceptors (Lipinski definition) is 7. The molecule has 7 nitrogen and oxygen atoms in total. The summed E-state index contributed by atoms with van der Waals surface area (Å²) in [6.07, 6.45) is 1.33. The molecule has 0 aliphatic carbocycles. The van der Waals surface area contributed by atoms with E-state index in [9.17, 15) is 9.59 Å². The zero-order chi connectivity index (χ0) is 19.1. The summed E-state index contributed by atoms with van der Waals surface area (Å²) in [5.74, 6) is 0.216. The van der Waals surface area contributed by atoms with Gasteiger partial charge in [-0.15, -0.1) is 0 Å². The highest BCUT2D eigenvalue weighted by Gasteiger charge is 2.19. The van der Waals surface area contributed by atoms with Gasteiger partial charge in [0.15, 0.2) is 12.4 Å². The van der Waals surface area contributed by atoms with Gasteiger partial charge in [-0.1, -0.05) is 18.2 Å². The summed E-state index contributed by atoms with van der Waals surface area (Å²) in [5.41, 5.74) is 0.223. The average Bonchev–Trinajstić information content (AvgIpc) is 3.35. The molecule has 0 unspecified atom stereocenters. The molecule has 0 amide bonds. The van der Waals surface area contributed by atoms with Crippen LogP contribution >= 0.6 is 0 Å². The topological polar surface area (TPSA) is 88.1 Å². The zero-order valence-corrected chi connectivity index (χ0v) is 14.7. The van der Waals surface area contributed by atoms with Crippen LogP contribution in [0.5, 0.6) is 5.75 Å². The van der Waals surface area contributed by atoms with Crippen molar-refractivity contribution in [2.45, 2.75) is 20.1 Å². The molecule has 0 saturated carbocycles. The van der Waals surface area contributed by atoms with E-state index in [1.54, 1.807) is 13.0 Å². The van der Waals surface area contributed by atoms with E-state index in [0.29, 0.717) is 11.5 Å². The number of furan rings is 2. The van der Waals surface area contributed by atoms with E-state index >= 15 is 0 Å². The molecule has 2 heterocycles. The predicted molar refractivity (Wildman–Crippen MR) is 93.3 cm³/mol. The standard InChI is InChI=1S/C20H18O7/c1-2-23-19(21)16-10-11-24-18(16)13-26-20(22)17-9-8-15(27-17)12-25-14-6-4-3-5-7-14/h3-11H,2,12-13H2,1H3. The fourth-order valence-corrected chi connectivity index (χ4v) is 2.28. The molecule has 7 heteroatoms. The van der Waals surface area contributed by atoms with Gasteiger partial charge in [0, 0.05) is 0 Å². The normalized spacial score (nSPS) is 10.4. The monoisotopic (exact) mass is 370 g/mol. The maximum absolute atomic E-state index is 12.1. The van der Waals surface area contributed by atoms with Crippen molar-refractivity contribution in [3.8, 4) is 5.75 Å². The molecule has 0 saturated heterocycles. The Bertz CT molecular complexity index is 892. The number of para-hydroxylation sites is 1. The molecule has 0 atom stereocenters. The lowest BCUT2D eigenvalue weighted by molar-refractivity contribution is 0.0389. The first-order chi connectivity index (χ1) is 13.2. The summed E-state index contributed by atoms with van der Waals surface area (Å²) < 4.78 is 26.2. The SMILES string of the molecule is CCOC(=O)c1ccoc1COC(=O)c1ccc(COc2ccccc2)o1. The lowest BCUT2D eigenvalue weighted by Crippen LogP contribution is -2.09. The summed E-state index contributed by atoms with van der Waals surface area (Å²) in [6, 6.07) is 13.9. The van der Waals surface area contributed by atoms with Gasteiger partial charge in [0.2, 0.25) is 5.76 Å². The van der Waals surface area contributed by atoms with Crippen LogP contribution in [0.4, 0.5) is 0 Å². The Balaban J connectivity index is 1.54. The van der Waals surface area contributed by atoms with Crippen LogP contribution < -0.4 is 4.74 Å². The highest BCUT2D eigenvalue weighted by Crippen LogP contribution is 2.17. The minimum absolute atomic E-state index is 0.0332. The Kier molecular flexibility index (Phi) is 5.94. The number of rotatable bonds is 8. The lowest BCUT2D eigenvalue weighted by atomic mass is 10.2. The van der Waals surface area contributed by atoms with Crippen LogP contribution in [0.25, 0.3) is 0 Å². The van der Waals surface area contributed by atoms with E-state index in [0.717, 1.165) is 0 Å². The van der Waals surface area contributed by atoms with Crippen LogP contribution in [0.1, 0.15) is 39.4 Å². The molecule has 27 heavy (non-hydrogen) atoms.